The molecule has 0 bridgehead atoms. The van der Waals surface area contributed by atoms with Gasteiger partial charge in [0.25, 0.3) is 7.12 Å². The van der Waals surface area contributed by atoms with Gasteiger partial charge in [0.2, 0.25) is 0 Å². The zero-order valence-corrected chi connectivity index (χ0v) is 7.70. The third kappa shape index (κ3) is 1.73. The van der Waals surface area contributed by atoms with Crippen LogP contribution in [0.4, 0.5) is 0 Å². The molecule has 0 fully saturated rings. The maximum Gasteiger partial charge on any atom is 0.256 e. The zero-order chi connectivity index (χ0) is 8.58. The second kappa shape index (κ2) is 2.55. The summed E-state index contributed by atoms with van der Waals surface area (Å²) < 4.78 is 21.2. The summed E-state index contributed by atoms with van der Waals surface area (Å²) in [4.78, 5) is 0. The summed E-state index contributed by atoms with van der Waals surface area (Å²) in [5.74, 6) is 0. The molecule has 3 nitrogen and oxygen atoms in total. The van der Waals surface area contributed by atoms with E-state index >= 15 is 0 Å². The molecule has 0 aromatic rings. The van der Waals surface area contributed by atoms with E-state index in [0.717, 1.165) is 0 Å². The Bertz CT molecular complexity index is 208. The third-order valence-electron chi connectivity index (χ3n) is 2.05. The van der Waals surface area contributed by atoms with E-state index in [9.17, 15) is 8.42 Å². The van der Waals surface area contributed by atoms with Gasteiger partial charge in [-0.15, -0.1) is 0 Å². The van der Waals surface area contributed by atoms with Crippen LogP contribution in [0.1, 0.15) is 20.8 Å². The maximum absolute atomic E-state index is 11.0. The Morgan fingerprint density at radius 1 is 1.50 bits per heavy atom. The van der Waals surface area contributed by atoms with Gasteiger partial charge in [0.15, 0.2) is 0 Å². The van der Waals surface area contributed by atoms with E-state index in [1.807, 2.05) is 0 Å². The van der Waals surface area contributed by atoms with Gasteiger partial charge in [0.1, 0.15) is 9.69 Å². The number of hydrogen-bond donors (Lipinski definition) is 1. The van der Waals surface area contributed by atoms with Gasteiger partial charge in [0, 0.05) is 6.04 Å². The lowest BCUT2D eigenvalue weighted by Gasteiger charge is -2.26. The van der Waals surface area contributed by atoms with Crippen molar-refractivity contribution in [3.63, 3.8) is 0 Å². The second-order valence-corrected chi connectivity index (χ2v) is 5.76. The summed E-state index contributed by atoms with van der Waals surface area (Å²) in [7, 11) is -1.82. The van der Waals surface area contributed by atoms with Gasteiger partial charge in [0.05, 0.1) is 4.75 Å². The lowest BCUT2D eigenvalue weighted by atomic mass is 10.1. The molecule has 0 saturated carbocycles. The summed E-state index contributed by atoms with van der Waals surface area (Å²) in [6.07, 6.45) is 0. The average molecular weight is 163 g/mol. The van der Waals surface area contributed by atoms with Gasteiger partial charge in [-0.25, -0.2) is 8.42 Å². The third-order valence-corrected chi connectivity index (χ3v) is 4.34. The topological polar surface area (TPSA) is 60.2 Å². The predicted molar refractivity (Wildman–Crippen MR) is 45.2 cm³/mol. The van der Waals surface area contributed by atoms with Crippen molar-refractivity contribution in [1.82, 2.24) is 0 Å². The standard InChI is InChI=1S/C5H14BNO2S/c1-4(7)5(2,3)10(6,8)9/h4H,6-7H2,1-3H3. The largest absolute Gasteiger partial charge is 0.327 e. The highest BCUT2D eigenvalue weighted by Gasteiger charge is 2.33. The van der Waals surface area contributed by atoms with Gasteiger partial charge in [-0.05, 0) is 20.8 Å². The second-order valence-electron chi connectivity index (χ2n) is 3.16. The summed E-state index contributed by atoms with van der Waals surface area (Å²) >= 11 is 0. The molecule has 2 N–H and O–H groups in total. The van der Waals surface area contributed by atoms with E-state index < -0.39 is 14.4 Å². The van der Waals surface area contributed by atoms with Crippen molar-refractivity contribution < 1.29 is 8.42 Å². The first-order valence-electron chi connectivity index (χ1n) is 3.15. The van der Waals surface area contributed by atoms with Crippen LogP contribution in [0.25, 0.3) is 0 Å². The highest BCUT2D eigenvalue weighted by molar-refractivity contribution is 8.13. The smallest absolute Gasteiger partial charge is 0.256 e. The van der Waals surface area contributed by atoms with Crippen LogP contribution in [-0.4, -0.2) is 26.3 Å². The van der Waals surface area contributed by atoms with Crippen LogP contribution in [0, 0.1) is 0 Å². The highest BCUT2D eigenvalue weighted by Crippen LogP contribution is 2.16. The molecule has 0 aliphatic carbocycles. The molecular formula is C5H14BNO2S. The van der Waals surface area contributed by atoms with Crippen molar-refractivity contribution in [2.24, 2.45) is 5.73 Å². The maximum atomic E-state index is 11.0. The molecule has 1 atom stereocenters. The Labute approximate surface area is 63.2 Å². The molecule has 0 spiro atoms. The van der Waals surface area contributed by atoms with Crippen molar-refractivity contribution in [2.75, 3.05) is 0 Å². The van der Waals surface area contributed by atoms with Crippen LogP contribution in [0.2, 0.25) is 0 Å². The molecule has 0 aromatic heterocycles. The summed E-state index contributed by atoms with van der Waals surface area (Å²) in [6.45, 7) is 4.96. The lowest BCUT2D eigenvalue weighted by molar-refractivity contribution is 0.512. The summed E-state index contributed by atoms with van der Waals surface area (Å²) in [6, 6.07) is -0.331. The molecule has 0 rings (SSSR count). The quantitative estimate of drug-likeness (QED) is 0.535. The van der Waals surface area contributed by atoms with Crippen molar-refractivity contribution >= 4 is 16.8 Å². The first kappa shape index (κ1) is 9.97. The number of nitrogens with two attached hydrogens (primary N) is 1. The van der Waals surface area contributed by atoms with Crippen molar-refractivity contribution in [3.8, 4) is 0 Å². The Morgan fingerprint density at radius 2 is 1.80 bits per heavy atom. The van der Waals surface area contributed by atoms with Crippen molar-refractivity contribution in [1.29, 1.82) is 0 Å². The fourth-order valence-corrected chi connectivity index (χ4v) is 1.01. The van der Waals surface area contributed by atoms with E-state index in [2.05, 4.69) is 0 Å². The molecule has 0 saturated heterocycles. The molecule has 0 heterocycles. The molecule has 5 heteroatoms. The van der Waals surface area contributed by atoms with E-state index in [-0.39, 0.29) is 6.04 Å². The normalized spacial score (nSPS) is 16.8. The first-order chi connectivity index (χ1) is 4.19. The Balaban J connectivity index is 4.76. The number of hydrogen-bond acceptors (Lipinski definition) is 3. The van der Waals surface area contributed by atoms with Gasteiger partial charge >= 0.3 is 0 Å². The van der Waals surface area contributed by atoms with Crippen LogP contribution >= 0.6 is 0 Å². The lowest BCUT2D eigenvalue weighted by Crippen LogP contribution is -2.47. The molecule has 0 amide bonds. The Morgan fingerprint density at radius 3 is 1.80 bits per heavy atom. The van der Waals surface area contributed by atoms with Crippen molar-refractivity contribution in [2.45, 2.75) is 31.6 Å². The molecule has 0 aromatic carbocycles. The van der Waals surface area contributed by atoms with E-state index in [1.54, 1.807) is 20.8 Å². The van der Waals surface area contributed by atoms with Crippen LogP contribution < -0.4 is 5.73 Å². The molecular weight excluding hydrogens is 149 g/mol. The van der Waals surface area contributed by atoms with Gasteiger partial charge in [-0.2, -0.15) is 0 Å². The van der Waals surface area contributed by atoms with Gasteiger partial charge < -0.3 is 5.73 Å². The summed E-state index contributed by atoms with van der Waals surface area (Å²) in [5.41, 5.74) is 5.48. The monoisotopic (exact) mass is 163 g/mol. The summed E-state index contributed by atoms with van der Waals surface area (Å²) in [5, 5.41) is 0. The highest BCUT2D eigenvalue weighted by atomic mass is 32.2. The predicted octanol–water partition coefficient (Wildman–Crippen LogP) is -0.925. The minimum Gasteiger partial charge on any atom is -0.327 e. The van der Waals surface area contributed by atoms with Crippen LogP contribution in [0.5, 0.6) is 0 Å². The van der Waals surface area contributed by atoms with E-state index in [1.165, 1.54) is 7.12 Å². The first-order valence-corrected chi connectivity index (χ1v) is 5.04. The van der Waals surface area contributed by atoms with Gasteiger partial charge in [-0.3, -0.25) is 0 Å². The molecule has 60 valence electrons. The van der Waals surface area contributed by atoms with Crippen LogP contribution in [0.3, 0.4) is 0 Å². The average Bonchev–Trinajstić information content (AvgIpc) is 1.62. The Kier molecular flexibility index (Phi) is 2.54. The van der Waals surface area contributed by atoms with Crippen molar-refractivity contribution in [3.05, 3.63) is 0 Å². The minimum absolute atomic E-state index is 0.331. The fourth-order valence-electron chi connectivity index (χ4n) is 0.338. The fraction of sp³-hybridized carbons (Fsp3) is 1.00. The molecule has 10 heavy (non-hydrogen) atoms. The minimum atomic E-state index is -3.03. The molecule has 0 radical (unpaired) electrons. The van der Waals surface area contributed by atoms with Gasteiger partial charge in [-0.1, -0.05) is 0 Å². The molecule has 0 aliphatic heterocycles. The molecule has 1 unspecified atom stereocenters. The number of rotatable bonds is 2. The van der Waals surface area contributed by atoms with E-state index in [4.69, 9.17) is 5.73 Å². The van der Waals surface area contributed by atoms with Crippen LogP contribution in [-0.2, 0) is 9.69 Å². The Hall–Kier alpha value is -0.0251. The molecule has 0 aliphatic rings. The van der Waals surface area contributed by atoms with E-state index in [0.29, 0.717) is 0 Å². The SMILES string of the molecule is BS(=O)(=O)C(C)(C)C(C)N. The van der Waals surface area contributed by atoms with Crippen LogP contribution in [0.15, 0.2) is 0 Å². The zero-order valence-electron chi connectivity index (χ0n) is 6.88.